The van der Waals surface area contributed by atoms with Gasteiger partial charge in [-0.1, -0.05) is 18.2 Å². The van der Waals surface area contributed by atoms with E-state index in [1.807, 2.05) is 24.3 Å². The van der Waals surface area contributed by atoms with E-state index in [0.29, 0.717) is 5.56 Å². The third kappa shape index (κ3) is 2.94. The molecule has 21 heavy (non-hydrogen) atoms. The number of carbonyl (C=O) groups is 1. The van der Waals surface area contributed by atoms with Gasteiger partial charge in [-0.25, -0.2) is 9.67 Å². The minimum atomic E-state index is -0.0662. The summed E-state index contributed by atoms with van der Waals surface area (Å²) in [6.45, 7) is 0. The molecule has 0 aliphatic rings. The quantitative estimate of drug-likeness (QED) is 0.540. The molecular weight excluding hydrogens is 266 g/mol. The average Bonchev–Trinajstić information content (AvgIpc) is 3.16. The summed E-state index contributed by atoms with van der Waals surface area (Å²) in [5, 5.41) is 8.04. The van der Waals surface area contributed by atoms with Crippen molar-refractivity contribution in [1.29, 1.82) is 0 Å². The maximum absolute atomic E-state index is 11.9. The normalized spacial score (nSPS) is 11.1. The fourth-order valence-corrected chi connectivity index (χ4v) is 1.90. The molecule has 6 heteroatoms. The van der Waals surface area contributed by atoms with Crippen molar-refractivity contribution in [3.05, 3.63) is 66.5 Å². The molecule has 3 rings (SSSR count). The van der Waals surface area contributed by atoms with Crippen LogP contribution in [-0.2, 0) is 7.05 Å². The maximum atomic E-state index is 11.9. The van der Waals surface area contributed by atoms with Gasteiger partial charge in [-0.05, 0) is 23.8 Å². The van der Waals surface area contributed by atoms with Crippen LogP contribution in [0.15, 0.2) is 55.4 Å². The van der Waals surface area contributed by atoms with Crippen LogP contribution in [0.25, 0.3) is 11.8 Å². The van der Waals surface area contributed by atoms with Gasteiger partial charge in [-0.3, -0.25) is 9.48 Å². The van der Waals surface area contributed by atoms with Gasteiger partial charge in [0.25, 0.3) is 0 Å². The van der Waals surface area contributed by atoms with Crippen molar-refractivity contribution in [1.82, 2.24) is 24.5 Å². The van der Waals surface area contributed by atoms with E-state index in [1.54, 1.807) is 47.3 Å². The van der Waals surface area contributed by atoms with E-state index in [1.165, 1.54) is 6.33 Å². The second kappa shape index (κ2) is 5.54. The van der Waals surface area contributed by atoms with Crippen molar-refractivity contribution in [3.63, 3.8) is 0 Å². The van der Waals surface area contributed by atoms with Gasteiger partial charge in [0.15, 0.2) is 5.78 Å². The molecule has 0 atom stereocenters. The number of aryl methyl sites for hydroxylation is 1. The SMILES string of the molecule is Cn1cc(C(=O)/C=C/c2ccc(-n3cncn3)cc2)cn1. The van der Waals surface area contributed by atoms with Crippen molar-refractivity contribution < 1.29 is 4.79 Å². The highest BCUT2D eigenvalue weighted by Gasteiger charge is 2.03. The Bertz CT molecular complexity index is 769. The van der Waals surface area contributed by atoms with E-state index in [-0.39, 0.29) is 5.78 Å². The lowest BCUT2D eigenvalue weighted by Gasteiger charge is -2.00. The highest BCUT2D eigenvalue weighted by Crippen LogP contribution is 2.10. The first kappa shape index (κ1) is 13.0. The molecule has 1 aromatic carbocycles. The zero-order valence-electron chi connectivity index (χ0n) is 11.4. The van der Waals surface area contributed by atoms with E-state index in [2.05, 4.69) is 15.2 Å². The van der Waals surface area contributed by atoms with Gasteiger partial charge in [0.2, 0.25) is 0 Å². The number of ketones is 1. The molecule has 0 saturated carbocycles. The second-order valence-electron chi connectivity index (χ2n) is 4.53. The average molecular weight is 279 g/mol. The molecule has 2 heterocycles. The monoisotopic (exact) mass is 279 g/mol. The standard InChI is InChI=1S/C15H13N5O/c1-19-9-13(8-17-19)15(21)7-4-12-2-5-14(6-3-12)20-11-16-10-18-20/h2-11H,1H3/b7-4+. The Labute approximate surface area is 121 Å². The Hall–Kier alpha value is -3.02. The van der Waals surface area contributed by atoms with Crippen molar-refractivity contribution in [2.75, 3.05) is 0 Å². The van der Waals surface area contributed by atoms with Crippen LogP contribution in [0.4, 0.5) is 0 Å². The van der Waals surface area contributed by atoms with Gasteiger partial charge < -0.3 is 0 Å². The smallest absolute Gasteiger partial charge is 0.189 e. The summed E-state index contributed by atoms with van der Waals surface area (Å²) in [4.78, 5) is 15.8. The highest BCUT2D eigenvalue weighted by molar-refractivity contribution is 6.06. The van der Waals surface area contributed by atoms with Gasteiger partial charge >= 0.3 is 0 Å². The molecule has 0 radical (unpaired) electrons. The summed E-state index contributed by atoms with van der Waals surface area (Å²) in [5.74, 6) is -0.0662. The number of allylic oxidation sites excluding steroid dienone is 1. The fraction of sp³-hybridized carbons (Fsp3) is 0.0667. The highest BCUT2D eigenvalue weighted by atomic mass is 16.1. The predicted octanol–water partition coefficient (Wildman–Crippen LogP) is 1.90. The minimum Gasteiger partial charge on any atom is -0.289 e. The lowest BCUT2D eigenvalue weighted by Crippen LogP contribution is -1.94. The summed E-state index contributed by atoms with van der Waals surface area (Å²) in [5.41, 5.74) is 2.44. The minimum absolute atomic E-state index is 0.0662. The van der Waals surface area contributed by atoms with Crippen molar-refractivity contribution >= 4 is 11.9 Å². The Balaban J connectivity index is 1.73. The van der Waals surface area contributed by atoms with Crippen LogP contribution in [-0.4, -0.2) is 30.3 Å². The number of hydrogen-bond donors (Lipinski definition) is 0. The summed E-state index contributed by atoms with van der Waals surface area (Å²) in [7, 11) is 1.78. The van der Waals surface area contributed by atoms with E-state index in [4.69, 9.17) is 0 Å². The predicted molar refractivity (Wildman–Crippen MR) is 77.9 cm³/mol. The third-order valence-corrected chi connectivity index (χ3v) is 2.99. The van der Waals surface area contributed by atoms with E-state index in [9.17, 15) is 4.79 Å². The molecule has 3 aromatic rings. The number of carbonyl (C=O) groups excluding carboxylic acids is 1. The first-order valence-corrected chi connectivity index (χ1v) is 6.38. The fourth-order valence-electron chi connectivity index (χ4n) is 1.90. The largest absolute Gasteiger partial charge is 0.289 e. The Morgan fingerprint density at radius 1 is 1.19 bits per heavy atom. The van der Waals surface area contributed by atoms with Crippen LogP contribution in [0.1, 0.15) is 15.9 Å². The van der Waals surface area contributed by atoms with E-state index in [0.717, 1.165) is 11.3 Å². The molecule has 0 bridgehead atoms. The lowest BCUT2D eigenvalue weighted by atomic mass is 10.1. The zero-order chi connectivity index (χ0) is 14.7. The Morgan fingerprint density at radius 3 is 2.62 bits per heavy atom. The molecule has 104 valence electrons. The summed E-state index contributed by atoms with van der Waals surface area (Å²) in [6.07, 6.45) is 9.69. The van der Waals surface area contributed by atoms with Gasteiger partial charge in [0, 0.05) is 13.2 Å². The number of aromatic nitrogens is 5. The molecule has 0 amide bonds. The molecule has 0 unspecified atom stereocenters. The topological polar surface area (TPSA) is 65.6 Å². The summed E-state index contributed by atoms with van der Waals surface area (Å²) in [6, 6.07) is 7.68. The summed E-state index contributed by atoms with van der Waals surface area (Å²) < 4.78 is 3.28. The second-order valence-corrected chi connectivity index (χ2v) is 4.53. The van der Waals surface area contributed by atoms with Gasteiger partial charge in [-0.2, -0.15) is 10.2 Å². The van der Waals surface area contributed by atoms with Gasteiger partial charge in [-0.15, -0.1) is 0 Å². The molecule has 0 aliphatic carbocycles. The van der Waals surface area contributed by atoms with Crippen molar-refractivity contribution in [3.8, 4) is 5.69 Å². The van der Waals surface area contributed by atoms with Crippen LogP contribution >= 0.6 is 0 Å². The molecule has 0 N–H and O–H groups in total. The molecule has 0 saturated heterocycles. The molecule has 0 fully saturated rings. The van der Waals surface area contributed by atoms with Crippen LogP contribution in [0, 0.1) is 0 Å². The molecule has 2 aromatic heterocycles. The first-order chi connectivity index (χ1) is 10.2. The molecule has 0 aliphatic heterocycles. The zero-order valence-corrected chi connectivity index (χ0v) is 11.4. The van der Waals surface area contributed by atoms with Crippen LogP contribution in [0.3, 0.4) is 0 Å². The van der Waals surface area contributed by atoms with Crippen LogP contribution in [0.5, 0.6) is 0 Å². The van der Waals surface area contributed by atoms with Crippen molar-refractivity contribution in [2.24, 2.45) is 7.05 Å². The third-order valence-electron chi connectivity index (χ3n) is 2.99. The summed E-state index contributed by atoms with van der Waals surface area (Å²) >= 11 is 0. The Kier molecular flexibility index (Phi) is 3.42. The van der Waals surface area contributed by atoms with Crippen LogP contribution in [0.2, 0.25) is 0 Å². The molecule has 0 spiro atoms. The maximum Gasteiger partial charge on any atom is 0.189 e. The number of rotatable bonds is 4. The van der Waals surface area contributed by atoms with Crippen LogP contribution < -0.4 is 0 Å². The lowest BCUT2D eigenvalue weighted by molar-refractivity contribution is 0.104. The van der Waals surface area contributed by atoms with E-state index < -0.39 is 0 Å². The van der Waals surface area contributed by atoms with Gasteiger partial charge in [0.05, 0.1) is 17.4 Å². The number of benzene rings is 1. The molecular formula is C15H13N5O. The first-order valence-electron chi connectivity index (χ1n) is 6.38. The number of hydrogen-bond acceptors (Lipinski definition) is 4. The van der Waals surface area contributed by atoms with Crippen molar-refractivity contribution in [2.45, 2.75) is 0 Å². The Morgan fingerprint density at radius 2 is 2.00 bits per heavy atom. The number of nitrogens with zero attached hydrogens (tertiary/aromatic N) is 5. The molecule has 6 nitrogen and oxygen atoms in total. The van der Waals surface area contributed by atoms with Gasteiger partial charge in [0.1, 0.15) is 12.7 Å². The van der Waals surface area contributed by atoms with E-state index >= 15 is 0 Å².